The Balaban J connectivity index is 1.13. The number of hydrogen-bond donors (Lipinski definition) is 1. The Morgan fingerprint density at radius 2 is 1.82 bits per heavy atom. The fraction of sp³-hybridized carbons (Fsp3) is 0.577. The van der Waals surface area contributed by atoms with E-state index in [1.807, 2.05) is 6.20 Å². The maximum absolute atomic E-state index is 12.9. The molecule has 3 heterocycles. The van der Waals surface area contributed by atoms with E-state index >= 15 is 0 Å². The lowest BCUT2D eigenvalue weighted by Gasteiger charge is -2.32. The van der Waals surface area contributed by atoms with Gasteiger partial charge in [0.05, 0.1) is 13.2 Å². The molecule has 3 aliphatic rings. The van der Waals surface area contributed by atoms with Crippen LogP contribution < -0.4 is 15.1 Å². The molecule has 7 nitrogen and oxygen atoms in total. The highest BCUT2D eigenvalue weighted by Crippen LogP contribution is 2.26. The van der Waals surface area contributed by atoms with E-state index in [9.17, 15) is 4.79 Å². The smallest absolute Gasteiger partial charge is 0.225 e. The summed E-state index contributed by atoms with van der Waals surface area (Å²) in [7, 11) is 0. The Labute approximate surface area is 196 Å². The molecule has 5 rings (SSSR count). The first-order valence-electron chi connectivity index (χ1n) is 12.4. The average Bonchev–Trinajstić information content (AvgIpc) is 2.88. The second kappa shape index (κ2) is 10.1. The van der Waals surface area contributed by atoms with Gasteiger partial charge < -0.3 is 19.9 Å². The molecule has 7 heteroatoms. The number of carbonyl (C=O) groups is 1. The van der Waals surface area contributed by atoms with Crippen molar-refractivity contribution in [3.63, 3.8) is 0 Å². The van der Waals surface area contributed by atoms with Crippen LogP contribution in [0.5, 0.6) is 0 Å². The molecule has 1 aliphatic carbocycles. The van der Waals surface area contributed by atoms with Crippen molar-refractivity contribution in [3.8, 4) is 0 Å². The minimum Gasteiger partial charge on any atom is -0.378 e. The largest absolute Gasteiger partial charge is 0.378 e. The van der Waals surface area contributed by atoms with Crippen molar-refractivity contribution < 1.29 is 9.53 Å². The van der Waals surface area contributed by atoms with Crippen LogP contribution in [0.2, 0.25) is 0 Å². The van der Waals surface area contributed by atoms with E-state index in [0.717, 1.165) is 87.3 Å². The van der Waals surface area contributed by atoms with Crippen LogP contribution in [0, 0.1) is 11.8 Å². The standard InChI is InChI=1S/C26H35N5O2/c1-19-8-10-30(11-9-19)23-5-2-20(3-6-23)17-27-25(32)21-4-7-24-22(16-21)18-28-26(29-24)31-12-14-33-15-13-31/h2-3,5-6,18-19,21H,4,7-17H2,1H3,(H,27,32). The van der Waals surface area contributed by atoms with Gasteiger partial charge in [0, 0.05) is 56.2 Å². The zero-order chi connectivity index (χ0) is 22.6. The Hall–Kier alpha value is -2.67. The zero-order valence-electron chi connectivity index (χ0n) is 19.6. The van der Waals surface area contributed by atoms with Crippen LogP contribution in [0.4, 0.5) is 11.6 Å². The summed E-state index contributed by atoms with van der Waals surface area (Å²) in [6, 6.07) is 8.67. The molecule has 1 aromatic heterocycles. The Kier molecular flexibility index (Phi) is 6.76. The fourth-order valence-corrected chi connectivity index (χ4v) is 5.06. The average molecular weight is 450 g/mol. The van der Waals surface area contributed by atoms with Crippen LogP contribution in [0.25, 0.3) is 0 Å². The van der Waals surface area contributed by atoms with Gasteiger partial charge in [-0.05, 0) is 61.3 Å². The summed E-state index contributed by atoms with van der Waals surface area (Å²) < 4.78 is 5.42. The molecule has 2 saturated heterocycles. The zero-order valence-corrected chi connectivity index (χ0v) is 19.6. The fourth-order valence-electron chi connectivity index (χ4n) is 5.06. The third-order valence-electron chi connectivity index (χ3n) is 7.35. The van der Waals surface area contributed by atoms with Gasteiger partial charge in [-0.2, -0.15) is 0 Å². The number of rotatable bonds is 5. The third kappa shape index (κ3) is 5.29. The molecule has 2 aliphatic heterocycles. The first-order chi connectivity index (χ1) is 16.2. The number of amides is 1. The number of nitrogens with zero attached hydrogens (tertiary/aromatic N) is 4. The second-order valence-corrected chi connectivity index (χ2v) is 9.73. The van der Waals surface area contributed by atoms with Gasteiger partial charge in [0.2, 0.25) is 11.9 Å². The van der Waals surface area contributed by atoms with E-state index in [2.05, 4.69) is 51.3 Å². The number of hydrogen-bond acceptors (Lipinski definition) is 6. The Morgan fingerprint density at radius 3 is 2.58 bits per heavy atom. The molecule has 1 N–H and O–H groups in total. The van der Waals surface area contributed by atoms with Crippen LogP contribution in [-0.4, -0.2) is 55.3 Å². The van der Waals surface area contributed by atoms with E-state index in [1.165, 1.54) is 18.5 Å². The van der Waals surface area contributed by atoms with Crippen LogP contribution >= 0.6 is 0 Å². The monoisotopic (exact) mass is 449 g/mol. The van der Waals surface area contributed by atoms with E-state index in [4.69, 9.17) is 9.72 Å². The molecule has 1 amide bonds. The predicted molar refractivity (Wildman–Crippen MR) is 129 cm³/mol. The minimum atomic E-state index is -0.00931. The van der Waals surface area contributed by atoms with Crippen LogP contribution in [0.3, 0.4) is 0 Å². The summed E-state index contributed by atoms with van der Waals surface area (Å²) in [6.45, 7) is 8.31. The molecule has 0 radical (unpaired) electrons. The number of fused-ring (bicyclic) bond motifs is 1. The summed E-state index contributed by atoms with van der Waals surface area (Å²) in [5.74, 6) is 1.75. The molecule has 176 valence electrons. The highest BCUT2D eigenvalue weighted by atomic mass is 16.5. The van der Waals surface area contributed by atoms with Gasteiger partial charge >= 0.3 is 0 Å². The SMILES string of the molecule is CC1CCN(c2ccc(CNC(=O)C3CCc4nc(N5CCOCC5)ncc4C3)cc2)CC1. The van der Waals surface area contributed by atoms with Crippen LogP contribution in [0.15, 0.2) is 30.5 Å². The van der Waals surface area contributed by atoms with Crippen molar-refractivity contribution in [2.75, 3.05) is 49.2 Å². The molecule has 2 aromatic rings. The maximum atomic E-state index is 12.9. The number of benzene rings is 1. The van der Waals surface area contributed by atoms with Gasteiger partial charge in [-0.3, -0.25) is 4.79 Å². The number of piperidine rings is 1. The van der Waals surface area contributed by atoms with E-state index in [0.29, 0.717) is 6.54 Å². The number of aryl methyl sites for hydroxylation is 1. The van der Waals surface area contributed by atoms with Gasteiger partial charge in [-0.25, -0.2) is 9.97 Å². The van der Waals surface area contributed by atoms with Gasteiger partial charge in [0.15, 0.2) is 0 Å². The van der Waals surface area contributed by atoms with Crippen molar-refractivity contribution in [3.05, 3.63) is 47.3 Å². The van der Waals surface area contributed by atoms with E-state index in [1.54, 1.807) is 0 Å². The molecular formula is C26H35N5O2. The lowest BCUT2D eigenvalue weighted by Crippen LogP contribution is -2.38. The predicted octanol–water partition coefficient (Wildman–Crippen LogP) is 2.97. The normalized spacial score (nSPS) is 21.5. The van der Waals surface area contributed by atoms with Gasteiger partial charge in [0.25, 0.3) is 0 Å². The molecule has 33 heavy (non-hydrogen) atoms. The number of nitrogens with one attached hydrogen (secondary N) is 1. The summed E-state index contributed by atoms with van der Waals surface area (Å²) in [5, 5.41) is 3.15. The van der Waals surface area contributed by atoms with Crippen molar-refractivity contribution in [1.29, 1.82) is 0 Å². The second-order valence-electron chi connectivity index (χ2n) is 9.73. The van der Waals surface area contributed by atoms with Crippen LogP contribution in [0.1, 0.15) is 43.0 Å². The molecule has 1 aromatic carbocycles. The first kappa shape index (κ1) is 22.1. The van der Waals surface area contributed by atoms with Gasteiger partial charge in [-0.1, -0.05) is 19.1 Å². The summed E-state index contributed by atoms with van der Waals surface area (Å²) in [5.41, 5.74) is 4.64. The van der Waals surface area contributed by atoms with Crippen molar-refractivity contribution in [2.45, 2.75) is 45.6 Å². The molecule has 0 saturated carbocycles. The lowest BCUT2D eigenvalue weighted by molar-refractivity contribution is -0.125. The van der Waals surface area contributed by atoms with Gasteiger partial charge in [0.1, 0.15) is 0 Å². The Morgan fingerprint density at radius 1 is 1.06 bits per heavy atom. The number of anilines is 2. The van der Waals surface area contributed by atoms with E-state index in [-0.39, 0.29) is 11.8 Å². The Bertz CT molecular complexity index is 950. The van der Waals surface area contributed by atoms with Crippen molar-refractivity contribution in [1.82, 2.24) is 15.3 Å². The number of carbonyl (C=O) groups excluding carboxylic acids is 1. The van der Waals surface area contributed by atoms with Crippen molar-refractivity contribution in [2.24, 2.45) is 11.8 Å². The third-order valence-corrected chi connectivity index (χ3v) is 7.35. The van der Waals surface area contributed by atoms with Crippen LogP contribution in [-0.2, 0) is 28.9 Å². The molecule has 0 spiro atoms. The minimum absolute atomic E-state index is 0.00931. The molecule has 0 bridgehead atoms. The quantitative estimate of drug-likeness (QED) is 0.757. The summed E-state index contributed by atoms with van der Waals surface area (Å²) in [4.78, 5) is 26.9. The number of ether oxygens (including phenoxy) is 1. The van der Waals surface area contributed by atoms with Gasteiger partial charge in [-0.15, -0.1) is 0 Å². The highest BCUT2D eigenvalue weighted by Gasteiger charge is 2.27. The number of morpholine rings is 1. The lowest BCUT2D eigenvalue weighted by atomic mass is 9.86. The first-order valence-corrected chi connectivity index (χ1v) is 12.4. The molecule has 1 unspecified atom stereocenters. The van der Waals surface area contributed by atoms with E-state index < -0.39 is 0 Å². The highest BCUT2D eigenvalue weighted by molar-refractivity contribution is 5.79. The summed E-state index contributed by atoms with van der Waals surface area (Å²) in [6.07, 6.45) is 6.84. The maximum Gasteiger partial charge on any atom is 0.225 e. The molecule has 1 atom stereocenters. The molecule has 2 fully saturated rings. The molecular weight excluding hydrogens is 414 g/mol. The van der Waals surface area contributed by atoms with Crippen molar-refractivity contribution >= 4 is 17.5 Å². The topological polar surface area (TPSA) is 70.6 Å². The summed E-state index contributed by atoms with van der Waals surface area (Å²) >= 11 is 0. The number of aromatic nitrogens is 2.